The van der Waals surface area contributed by atoms with Gasteiger partial charge in [-0.25, -0.2) is 0 Å². The van der Waals surface area contributed by atoms with Crippen LogP contribution in [0.1, 0.15) is 31.4 Å². The molecule has 0 unspecified atom stereocenters. The van der Waals surface area contributed by atoms with Crippen LogP contribution in [-0.4, -0.2) is 37.4 Å². The third-order valence-corrected chi connectivity index (χ3v) is 3.66. The Kier molecular flexibility index (Phi) is 9.93. The van der Waals surface area contributed by atoms with E-state index in [1.807, 2.05) is 6.92 Å². The third kappa shape index (κ3) is 6.75. The van der Waals surface area contributed by atoms with E-state index in [9.17, 15) is 13.2 Å². The molecule has 3 nitrogen and oxygen atoms in total. The number of halogens is 5. The minimum Gasteiger partial charge on any atom is -0.405 e. The zero-order chi connectivity index (χ0) is 15.3. The third-order valence-electron chi connectivity index (χ3n) is 3.66. The quantitative estimate of drug-likeness (QED) is 0.836. The van der Waals surface area contributed by atoms with Crippen molar-refractivity contribution in [2.75, 3.05) is 26.2 Å². The van der Waals surface area contributed by atoms with Crippen LogP contribution in [-0.2, 0) is 0 Å². The Morgan fingerprint density at radius 2 is 1.78 bits per heavy atom. The molecule has 1 N–H and O–H groups in total. The summed E-state index contributed by atoms with van der Waals surface area (Å²) in [6.45, 7) is 5.45. The highest BCUT2D eigenvalue weighted by molar-refractivity contribution is 5.85. The van der Waals surface area contributed by atoms with E-state index in [0.717, 1.165) is 39.0 Å². The highest BCUT2D eigenvalue weighted by Crippen LogP contribution is 2.35. The Morgan fingerprint density at radius 1 is 1.17 bits per heavy atom. The Bertz CT molecular complexity index is 455. The monoisotopic (exact) mass is 374 g/mol. The van der Waals surface area contributed by atoms with Crippen LogP contribution < -0.4 is 10.1 Å². The average Bonchev–Trinajstić information content (AvgIpc) is 2.45. The lowest BCUT2D eigenvalue weighted by atomic mass is 9.99. The van der Waals surface area contributed by atoms with Crippen LogP contribution in [0.2, 0.25) is 0 Å². The van der Waals surface area contributed by atoms with Gasteiger partial charge in [0.15, 0.2) is 0 Å². The fourth-order valence-corrected chi connectivity index (χ4v) is 2.78. The molecule has 0 aromatic heterocycles. The molecule has 1 saturated heterocycles. The Balaban J connectivity index is 0.00000242. The van der Waals surface area contributed by atoms with Crippen LogP contribution in [0.15, 0.2) is 24.3 Å². The molecule has 0 bridgehead atoms. The van der Waals surface area contributed by atoms with Crippen LogP contribution in [0.4, 0.5) is 13.2 Å². The lowest BCUT2D eigenvalue weighted by Crippen LogP contribution is -2.45. The van der Waals surface area contributed by atoms with Crippen molar-refractivity contribution in [3.63, 3.8) is 0 Å². The normalized spacial score (nSPS) is 16.9. The SMILES string of the molecule is CCC[C@@H](c1ccccc1OC(F)(F)F)N1CCNCC1.Cl.Cl. The molecule has 1 aliphatic rings. The summed E-state index contributed by atoms with van der Waals surface area (Å²) in [6.07, 6.45) is -2.93. The molecule has 134 valence electrons. The van der Waals surface area contributed by atoms with E-state index in [-0.39, 0.29) is 36.6 Å². The average molecular weight is 375 g/mol. The summed E-state index contributed by atoms with van der Waals surface area (Å²) in [4.78, 5) is 2.23. The Labute approximate surface area is 147 Å². The van der Waals surface area contributed by atoms with Gasteiger partial charge in [0.2, 0.25) is 0 Å². The molecule has 1 aromatic rings. The van der Waals surface area contributed by atoms with Gasteiger partial charge in [-0.3, -0.25) is 4.90 Å². The molecule has 2 rings (SSSR count). The molecular weight excluding hydrogens is 352 g/mol. The second-order valence-electron chi connectivity index (χ2n) is 5.18. The summed E-state index contributed by atoms with van der Waals surface area (Å²) >= 11 is 0. The van der Waals surface area contributed by atoms with Crippen LogP contribution >= 0.6 is 24.8 Å². The Hall–Kier alpha value is -0.690. The van der Waals surface area contributed by atoms with Crippen molar-refractivity contribution >= 4 is 24.8 Å². The van der Waals surface area contributed by atoms with E-state index in [4.69, 9.17) is 0 Å². The smallest absolute Gasteiger partial charge is 0.405 e. The van der Waals surface area contributed by atoms with E-state index in [0.29, 0.717) is 5.56 Å². The molecule has 23 heavy (non-hydrogen) atoms. The summed E-state index contributed by atoms with van der Waals surface area (Å²) < 4.78 is 41.9. The first-order chi connectivity index (χ1) is 10.0. The summed E-state index contributed by atoms with van der Waals surface area (Å²) in [5.41, 5.74) is 0.624. The maximum Gasteiger partial charge on any atom is 0.573 e. The van der Waals surface area contributed by atoms with Gasteiger partial charge in [-0.1, -0.05) is 31.5 Å². The highest BCUT2D eigenvalue weighted by Gasteiger charge is 2.33. The van der Waals surface area contributed by atoms with Crippen LogP contribution in [0.5, 0.6) is 5.75 Å². The van der Waals surface area contributed by atoms with E-state index < -0.39 is 6.36 Å². The topological polar surface area (TPSA) is 24.5 Å². The molecule has 0 saturated carbocycles. The van der Waals surface area contributed by atoms with E-state index in [1.165, 1.54) is 6.07 Å². The number of rotatable bonds is 5. The lowest BCUT2D eigenvalue weighted by molar-refractivity contribution is -0.275. The highest BCUT2D eigenvalue weighted by atomic mass is 35.5. The molecule has 1 atom stereocenters. The number of ether oxygens (including phenoxy) is 1. The van der Waals surface area contributed by atoms with Crippen LogP contribution in [0.25, 0.3) is 0 Å². The predicted octanol–water partition coefficient (Wildman–Crippen LogP) is 4.18. The minimum atomic E-state index is -4.66. The number of piperazine rings is 1. The lowest BCUT2D eigenvalue weighted by Gasteiger charge is -2.35. The second-order valence-corrected chi connectivity index (χ2v) is 5.18. The molecule has 0 aliphatic carbocycles. The molecule has 8 heteroatoms. The van der Waals surface area contributed by atoms with Crippen molar-refractivity contribution in [1.82, 2.24) is 10.2 Å². The number of hydrogen-bond acceptors (Lipinski definition) is 3. The minimum absolute atomic E-state index is 0. The molecule has 0 amide bonds. The number of hydrogen-bond donors (Lipinski definition) is 1. The fraction of sp³-hybridized carbons (Fsp3) is 0.600. The maximum absolute atomic E-state index is 12.6. The first-order valence-corrected chi connectivity index (χ1v) is 7.30. The van der Waals surface area contributed by atoms with Gasteiger partial charge < -0.3 is 10.1 Å². The predicted molar refractivity (Wildman–Crippen MR) is 89.7 cm³/mol. The first kappa shape index (κ1) is 22.3. The largest absolute Gasteiger partial charge is 0.573 e. The van der Waals surface area contributed by atoms with E-state index in [2.05, 4.69) is 15.0 Å². The zero-order valence-corrected chi connectivity index (χ0v) is 14.6. The van der Waals surface area contributed by atoms with Crippen LogP contribution in [0, 0.1) is 0 Å². The van der Waals surface area contributed by atoms with Gasteiger partial charge in [-0.15, -0.1) is 38.0 Å². The van der Waals surface area contributed by atoms with Crippen molar-refractivity contribution < 1.29 is 17.9 Å². The summed E-state index contributed by atoms with van der Waals surface area (Å²) in [7, 11) is 0. The first-order valence-electron chi connectivity index (χ1n) is 7.30. The number of para-hydroxylation sites is 1. The fourth-order valence-electron chi connectivity index (χ4n) is 2.78. The summed E-state index contributed by atoms with van der Waals surface area (Å²) in [5.74, 6) is -0.0815. The number of nitrogens with one attached hydrogen (secondary N) is 1. The van der Waals surface area contributed by atoms with Gasteiger partial charge in [0.05, 0.1) is 0 Å². The standard InChI is InChI=1S/C15H21F3N2O.2ClH/c1-2-5-13(20-10-8-19-9-11-20)12-6-3-4-7-14(12)21-15(16,17)18;;/h3-4,6-7,13,19H,2,5,8-11H2,1H3;2*1H/t13-;;/m0../s1. The van der Waals surface area contributed by atoms with Crippen molar-refractivity contribution in [3.8, 4) is 5.75 Å². The Morgan fingerprint density at radius 3 is 2.35 bits per heavy atom. The molecule has 1 aromatic carbocycles. The van der Waals surface area contributed by atoms with E-state index >= 15 is 0 Å². The van der Waals surface area contributed by atoms with Gasteiger partial charge in [0, 0.05) is 37.8 Å². The zero-order valence-electron chi connectivity index (χ0n) is 12.9. The maximum atomic E-state index is 12.6. The number of benzene rings is 1. The van der Waals surface area contributed by atoms with Gasteiger partial charge >= 0.3 is 6.36 Å². The van der Waals surface area contributed by atoms with Gasteiger partial charge in [0.1, 0.15) is 5.75 Å². The molecule has 1 aliphatic heterocycles. The van der Waals surface area contributed by atoms with Crippen molar-refractivity contribution in [2.45, 2.75) is 32.2 Å². The second kappa shape index (κ2) is 10.2. The van der Waals surface area contributed by atoms with Gasteiger partial charge in [-0.05, 0) is 12.5 Å². The molecule has 1 heterocycles. The number of nitrogens with zero attached hydrogens (tertiary/aromatic N) is 1. The molecule has 0 spiro atoms. The van der Waals surface area contributed by atoms with Crippen molar-refractivity contribution in [3.05, 3.63) is 29.8 Å². The van der Waals surface area contributed by atoms with Crippen molar-refractivity contribution in [2.24, 2.45) is 0 Å². The summed E-state index contributed by atoms with van der Waals surface area (Å²) in [6, 6.07) is 6.45. The summed E-state index contributed by atoms with van der Waals surface area (Å²) in [5, 5.41) is 3.26. The van der Waals surface area contributed by atoms with Gasteiger partial charge in [-0.2, -0.15) is 0 Å². The molecular formula is C15H23Cl2F3N2O. The number of alkyl halides is 3. The van der Waals surface area contributed by atoms with Crippen molar-refractivity contribution in [1.29, 1.82) is 0 Å². The molecule has 0 radical (unpaired) electrons. The molecule has 1 fully saturated rings. The van der Waals surface area contributed by atoms with E-state index in [1.54, 1.807) is 18.2 Å². The van der Waals surface area contributed by atoms with Gasteiger partial charge in [0.25, 0.3) is 0 Å². The van der Waals surface area contributed by atoms with Crippen LogP contribution in [0.3, 0.4) is 0 Å².